The van der Waals surface area contributed by atoms with E-state index in [1.807, 2.05) is 19.1 Å². The highest BCUT2D eigenvalue weighted by Gasteiger charge is 2.12. The maximum absolute atomic E-state index is 10.7. The third-order valence-corrected chi connectivity index (χ3v) is 3.98. The van der Waals surface area contributed by atoms with Crippen molar-refractivity contribution in [2.75, 3.05) is 18.5 Å². The van der Waals surface area contributed by atoms with Crippen LogP contribution in [0.2, 0.25) is 0 Å². The van der Waals surface area contributed by atoms with Gasteiger partial charge in [0.2, 0.25) is 0 Å². The molecule has 7 heteroatoms. The second kappa shape index (κ2) is 9.27. The number of halogens is 1. The fourth-order valence-electron chi connectivity index (χ4n) is 2.24. The first-order chi connectivity index (χ1) is 12.0. The van der Waals surface area contributed by atoms with Crippen LogP contribution in [0.1, 0.15) is 25.8 Å². The molecule has 0 aliphatic rings. The van der Waals surface area contributed by atoms with Gasteiger partial charge in [-0.2, -0.15) is 0 Å². The van der Waals surface area contributed by atoms with Crippen LogP contribution in [0.5, 0.6) is 11.5 Å². The molecule has 0 aliphatic carbocycles. The Hall–Kier alpha value is -2.28. The van der Waals surface area contributed by atoms with Gasteiger partial charge in [-0.05, 0) is 59.1 Å². The molecule has 0 bridgehead atoms. The molecule has 0 fully saturated rings. The molecule has 0 spiro atoms. The zero-order chi connectivity index (χ0) is 18.2. The number of non-ortho nitro benzene ring substituents is 1. The zero-order valence-corrected chi connectivity index (χ0v) is 15.8. The van der Waals surface area contributed by atoms with E-state index in [1.54, 1.807) is 12.1 Å². The molecule has 0 amide bonds. The van der Waals surface area contributed by atoms with Crippen molar-refractivity contribution in [2.45, 2.75) is 26.8 Å². The molecule has 2 aromatic rings. The lowest BCUT2D eigenvalue weighted by atomic mass is 10.2. The number of hydrogen-bond donors (Lipinski definition) is 1. The Morgan fingerprint density at radius 2 is 1.88 bits per heavy atom. The van der Waals surface area contributed by atoms with E-state index in [4.69, 9.17) is 9.47 Å². The van der Waals surface area contributed by atoms with Crippen molar-refractivity contribution in [3.63, 3.8) is 0 Å². The first-order valence-corrected chi connectivity index (χ1v) is 8.90. The van der Waals surface area contributed by atoms with Gasteiger partial charge in [0.15, 0.2) is 11.5 Å². The van der Waals surface area contributed by atoms with E-state index in [0.717, 1.165) is 22.1 Å². The van der Waals surface area contributed by atoms with E-state index in [0.29, 0.717) is 31.3 Å². The number of ether oxygens (including phenoxy) is 2. The van der Waals surface area contributed by atoms with Crippen molar-refractivity contribution in [3.05, 3.63) is 56.5 Å². The van der Waals surface area contributed by atoms with Gasteiger partial charge >= 0.3 is 0 Å². The molecular formula is C18H21BrN2O4. The third-order valence-electron chi connectivity index (χ3n) is 3.39. The van der Waals surface area contributed by atoms with Gasteiger partial charge in [0, 0.05) is 24.4 Å². The molecule has 0 radical (unpaired) electrons. The molecule has 134 valence electrons. The second-order valence-electron chi connectivity index (χ2n) is 5.34. The van der Waals surface area contributed by atoms with Crippen molar-refractivity contribution >= 4 is 27.3 Å². The molecule has 1 N–H and O–H groups in total. The maximum atomic E-state index is 10.7. The number of nitrogens with zero attached hydrogens (tertiary/aromatic N) is 1. The highest BCUT2D eigenvalue weighted by atomic mass is 79.9. The van der Waals surface area contributed by atoms with Gasteiger partial charge in [0.1, 0.15) is 0 Å². The smallest absolute Gasteiger partial charge is 0.269 e. The number of nitro groups is 1. The normalized spacial score (nSPS) is 10.4. The lowest BCUT2D eigenvalue weighted by Crippen LogP contribution is -2.04. The Balaban J connectivity index is 2.12. The van der Waals surface area contributed by atoms with Gasteiger partial charge in [-0.3, -0.25) is 10.1 Å². The van der Waals surface area contributed by atoms with Crippen molar-refractivity contribution in [1.29, 1.82) is 0 Å². The van der Waals surface area contributed by atoms with Crippen LogP contribution in [-0.2, 0) is 6.54 Å². The summed E-state index contributed by atoms with van der Waals surface area (Å²) in [7, 11) is 0. The van der Waals surface area contributed by atoms with E-state index in [-0.39, 0.29) is 5.69 Å². The van der Waals surface area contributed by atoms with Crippen LogP contribution >= 0.6 is 15.9 Å². The molecule has 0 atom stereocenters. The summed E-state index contributed by atoms with van der Waals surface area (Å²) in [6, 6.07) is 10.3. The first kappa shape index (κ1) is 19.1. The molecule has 0 aliphatic heterocycles. The van der Waals surface area contributed by atoms with E-state index in [1.165, 1.54) is 12.1 Å². The van der Waals surface area contributed by atoms with Gasteiger partial charge in [-0.15, -0.1) is 0 Å². The number of hydrogen-bond acceptors (Lipinski definition) is 5. The monoisotopic (exact) mass is 408 g/mol. The first-order valence-electron chi connectivity index (χ1n) is 8.11. The Morgan fingerprint density at radius 3 is 2.48 bits per heavy atom. The van der Waals surface area contributed by atoms with Crippen molar-refractivity contribution < 1.29 is 14.4 Å². The third kappa shape index (κ3) is 5.35. The van der Waals surface area contributed by atoms with E-state index < -0.39 is 4.92 Å². The Labute approximate surface area is 155 Å². The minimum absolute atomic E-state index is 0.0735. The number of nitro benzene ring substituents is 1. The largest absolute Gasteiger partial charge is 0.490 e. The van der Waals surface area contributed by atoms with E-state index in [2.05, 4.69) is 28.2 Å². The molecule has 0 heterocycles. The Bertz CT molecular complexity index is 720. The topological polar surface area (TPSA) is 73.6 Å². The SMILES string of the molecule is CCCOc1c(Br)cc(CNc2ccc([N+](=O)[O-])cc2)cc1OCC. The molecule has 0 unspecified atom stereocenters. The molecule has 2 rings (SSSR count). The Kier molecular flexibility index (Phi) is 7.06. The maximum Gasteiger partial charge on any atom is 0.269 e. The van der Waals surface area contributed by atoms with Crippen LogP contribution in [0.25, 0.3) is 0 Å². The van der Waals surface area contributed by atoms with Gasteiger partial charge in [0.05, 0.1) is 22.6 Å². The van der Waals surface area contributed by atoms with Crippen molar-refractivity contribution in [2.24, 2.45) is 0 Å². The summed E-state index contributed by atoms with van der Waals surface area (Å²) in [6.45, 7) is 5.72. The fraction of sp³-hybridized carbons (Fsp3) is 0.333. The molecule has 2 aromatic carbocycles. The Morgan fingerprint density at radius 1 is 1.16 bits per heavy atom. The van der Waals surface area contributed by atoms with Crippen molar-refractivity contribution in [1.82, 2.24) is 0 Å². The molecular weight excluding hydrogens is 388 g/mol. The summed E-state index contributed by atoms with van der Waals surface area (Å²) in [5, 5.41) is 13.9. The highest BCUT2D eigenvalue weighted by molar-refractivity contribution is 9.10. The van der Waals surface area contributed by atoms with Gasteiger partial charge in [0.25, 0.3) is 5.69 Å². The van der Waals surface area contributed by atoms with E-state index in [9.17, 15) is 10.1 Å². The lowest BCUT2D eigenvalue weighted by Gasteiger charge is -2.15. The van der Waals surface area contributed by atoms with Crippen LogP contribution in [0.4, 0.5) is 11.4 Å². The minimum Gasteiger partial charge on any atom is -0.490 e. The van der Waals surface area contributed by atoms with Crippen molar-refractivity contribution in [3.8, 4) is 11.5 Å². The quantitative estimate of drug-likeness (QED) is 0.458. The predicted octanol–water partition coefficient (Wildman–Crippen LogP) is 5.16. The fourth-order valence-corrected chi connectivity index (χ4v) is 2.84. The zero-order valence-electron chi connectivity index (χ0n) is 14.3. The van der Waals surface area contributed by atoms with Crippen LogP contribution in [0.3, 0.4) is 0 Å². The summed E-state index contributed by atoms with van der Waals surface area (Å²) in [4.78, 5) is 10.3. The minimum atomic E-state index is -0.412. The van der Waals surface area contributed by atoms with E-state index >= 15 is 0 Å². The predicted molar refractivity (Wildman–Crippen MR) is 102 cm³/mol. The summed E-state index contributed by atoms with van der Waals surface area (Å²) in [6.07, 6.45) is 0.918. The average Bonchev–Trinajstić information content (AvgIpc) is 2.60. The highest BCUT2D eigenvalue weighted by Crippen LogP contribution is 2.37. The molecule has 0 aromatic heterocycles. The van der Waals surface area contributed by atoms with Crippen LogP contribution in [0.15, 0.2) is 40.9 Å². The molecule has 25 heavy (non-hydrogen) atoms. The van der Waals surface area contributed by atoms with Crippen LogP contribution in [0, 0.1) is 10.1 Å². The average molecular weight is 409 g/mol. The number of benzene rings is 2. The summed E-state index contributed by atoms with van der Waals surface area (Å²) < 4.78 is 12.3. The standard InChI is InChI=1S/C18H21BrN2O4/c1-3-9-25-18-16(19)10-13(11-17(18)24-4-2)12-20-14-5-7-15(8-6-14)21(22)23/h5-8,10-11,20H,3-4,9,12H2,1-2H3. The number of nitrogens with one attached hydrogen (secondary N) is 1. The van der Waals surface area contributed by atoms with Gasteiger partial charge < -0.3 is 14.8 Å². The number of anilines is 1. The number of rotatable bonds is 9. The summed E-state index contributed by atoms with van der Waals surface area (Å²) >= 11 is 3.54. The summed E-state index contributed by atoms with van der Waals surface area (Å²) in [5.41, 5.74) is 1.90. The van der Waals surface area contributed by atoms with Gasteiger partial charge in [-0.25, -0.2) is 0 Å². The molecule has 0 saturated heterocycles. The van der Waals surface area contributed by atoms with Crippen LogP contribution in [-0.4, -0.2) is 18.1 Å². The second-order valence-corrected chi connectivity index (χ2v) is 6.20. The lowest BCUT2D eigenvalue weighted by molar-refractivity contribution is -0.384. The van der Waals surface area contributed by atoms with Crippen LogP contribution < -0.4 is 14.8 Å². The molecule has 0 saturated carbocycles. The summed E-state index contributed by atoms with van der Waals surface area (Å²) in [5.74, 6) is 1.41. The molecule has 6 nitrogen and oxygen atoms in total. The van der Waals surface area contributed by atoms with Gasteiger partial charge in [-0.1, -0.05) is 6.92 Å².